The minimum Gasteiger partial charge on any atom is -0.490 e. The second-order valence-corrected chi connectivity index (χ2v) is 9.80. The third kappa shape index (κ3) is 7.03. The number of carbonyl (C=O) groups excluding carboxylic acids is 2. The van der Waals surface area contributed by atoms with Gasteiger partial charge in [0.15, 0.2) is 6.61 Å². The van der Waals surface area contributed by atoms with Crippen LogP contribution in [0.4, 0.5) is 0 Å². The zero-order valence-electron chi connectivity index (χ0n) is 20.2. The van der Waals surface area contributed by atoms with E-state index in [9.17, 15) is 9.59 Å². The monoisotopic (exact) mass is 536 g/mol. The average molecular weight is 537 g/mol. The van der Waals surface area contributed by atoms with E-state index in [2.05, 4.69) is 0 Å². The molecule has 2 fully saturated rings. The summed E-state index contributed by atoms with van der Waals surface area (Å²) >= 11 is 12.1. The lowest BCUT2D eigenvalue weighted by atomic mass is 9.96. The van der Waals surface area contributed by atoms with Gasteiger partial charge in [-0.25, -0.2) is 0 Å². The summed E-state index contributed by atoms with van der Waals surface area (Å²) in [6.45, 7) is 4.83. The molecule has 0 N–H and O–H groups in total. The first kappa shape index (κ1) is 26.5. The van der Waals surface area contributed by atoms with Crippen molar-refractivity contribution in [1.82, 2.24) is 9.80 Å². The number of morpholine rings is 2. The van der Waals surface area contributed by atoms with Crippen molar-refractivity contribution in [3.63, 3.8) is 0 Å². The summed E-state index contributed by atoms with van der Waals surface area (Å²) in [4.78, 5) is 29.6. The van der Waals surface area contributed by atoms with Gasteiger partial charge in [-0.15, -0.1) is 0 Å². The van der Waals surface area contributed by atoms with Gasteiger partial charge in [-0.3, -0.25) is 9.59 Å². The molecule has 2 aromatic rings. The number of rotatable bonds is 8. The highest BCUT2D eigenvalue weighted by molar-refractivity contribution is 6.31. The fraction of sp³-hybridized carbons (Fsp3) is 0.462. The van der Waals surface area contributed by atoms with Crippen molar-refractivity contribution in [3.05, 3.63) is 58.1 Å². The van der Waals surface area contributed by atoms with Crippen molar-refractivity contribution < 1.29 is 28.5 Å². The fourth-order valence-electron chi connectivity index (χ4n) is 4.19. The van der Waals surface area contributed by atoms with E-state index < -0.39 is 5.60 Å². The van der Waals surface area contributed by atoms with Crippen molar-refractivity contribution in [2.75, 3.05) is 59.2 Å². The molecule has 0 aromatic heterocycles. The number of hydrogen-bond donors (Lipinski definition) is 0. The van der Waals surface area contributed by atoms with Crippen molar-refractivity contribution in [1.29, 1.82) is 0 Å². The third-order valence-corrected chi connectivity index (χ3v) is 6.92. The van der Waals surface area contributed by atoms with Crippen LogP contribution < -0.4 is 9.47 Å². The molecule has 10 heteroatoms. The van der Waals surface area contributed by atoms with Gasteiger partial charge < -0.3 is 28.7 Å². The van der Waals surface area contributed by atoms with E-state index in [1.54, 1.807) is 46.2 Å². The highest BCUT2D eigenvalue weighted by atomic mass is 35.5. The number of benzene rings is 2. The number of nitrogens with zero attached hydrogens (tertiary/aromatic N) is 2. The Hall–Kier alpha value is -2.52. The first-order valence-electron chi connectivity index (χ1n) is 11.9. The second-order valence-electron chi connectivity index (χ2n) is 8.96. The second kappa shape index (κ2) is 12.1. The SMILES string of the molecule is Cc1cc(OCC2(CC(=O)N3CCOCC3)CN(C(=O)COc3ccc(Cl)cc3)CCO2)ccc1Cl. The summed E-state index contributed by atoms with van der Waals surface area (Å²) in [6.07, 6.45) is 0.0847. The molecule has 2 saturated heterocycles. The largest absolute Gasteiger partial charge is 0.490 e. The van der Waals surface area contributed by atoms with Gasteiger partial charge in [0.25, 0.3) is 5.91 Å². The molecular weight excluding hydrogens is 507 g/mol. The fourth-order valence-corrected chi connectivity index (χ4v) is 4.44. The van der Waals surface area contributed by atoms with Gasteiger partial charge in [0, 0.05) is 29.7 Å². The van der Waals surface area contributed by atoms with E-state index in [4.69, 9.17) is 42.1 Å². The smallest absolute Gasteiger partial charge is 0.260 e. The number of carbonyl (C=O) groups is 2. The predicted octanol–water partition coefficient (Wildman–Crippen LogP) is 3.61. The lowest BCUT2D eigenvalue weighted by Gasteiger charge is -2.43. The van der Waals surface area contributed by atoms with Crippen LogP contribution in [0, 0.1) is 6.92 Å². The van der Waals surface area contributed by atoms with E-state index in [-0.39, 0.29) is 44.6 Å². The molecule has 1 unspecified atom stereocenters. The maximum absolute atomic E-state index is 13.2. The van der Waals surface area contributed by atoms with Crippen LogP contribution in [0.3, 0.4) is 0 Å². The maximum atomic E-state index is 13.2. The van der Waals surface area contributed by atoms with Crippen LogP contribution in [-0.4, -0.2) is 86.4 Å². The third-order valence-electron chi connectivity index (χ3n) is 6.25. The van der Waals surface area contributed by atoms with Crippen molar-refractivity contribution in [2.24, 2.45) is 0 Å². The number of hydrogen-bond acceptors (Lipinski definition) is 6. The van der Waals surface area contributed by atoms with Gasteiger partial charge in [0.1, 0.15) is 23.7 Å². The Kier molecular flexibility index (Phi) is 8.95. The van der Waals surface area contributed by atoms with Crippen LogP contribution in [0.1, 0.15) is 12.0 Å². The molecule has 36 heavy (non-hydrogen) atoms. The van der Waals surface area contributed by atoms with Gasteiger partial charge >= 0.3 is 0 Å². The van der Waals surface area contributed by atoms with Gasteiger partial charge in [0.2, 0.25) is 5.91 Å². The molecule has 0 aliphatic carbocycles. The molecule has 2 aliphatic heterocycles. The van der Waals surface area contributed by atoms with E-state index in [1.807, 2.05) is 13.0 Å². The molecule has 0 radical (unpaired) electrons. The first-order valence-corrected chi connectivity index (χ1v) is 12.6. The van der Waals surface area contributed by atoms with Gasteiger partial charge in [-0.1, -0.05) is 23.2 Å². The molecule has 194 valence electrons. The standard InChI is InChI=1S/C26H30Cl2N2O6/c1-19-14-22(6-7-23(19)28)35-18-26(15-24(31)29-8-11-33-12-9-29)17-30(10-13-36-26)25(32)16-34-21-4-2-20(27)3-5-21/h2-7,14H,8-13,15-18H2,1H3. The van der Waals surface area contributed by atoms with Gasteiger partial charge in [0.05, 0.1) is 32.8 Å². The summed E-state index contributed by atoms with van der Waals surface area (Å²) in [7, 11) is 0. The molecule has 8 nitrogen and oxygen atoms in total. The zero-order chi connectivity index (χ0) is 25.5. The Labute approximate surface area is 220 Å². The molecule has 4 rings (SSSR count). The molecule has 0 spiro atoms. The maximum Gasteiger partial charge on any atom is 0.260 e. The Bertz CT molecular complexity index is 1060. The molecule has 2 aliphatic rings. The van der Waals surface area contributed by atoms with Crippen LogP contribution >= 0.6 is 23.2 Å². The molecule has 2 amide bonds. The highest BCUT2D eigenvalue weighted by Crippen LogP contribution is 2.27. The lowest BCUT2D eigenvalue weighted by Crippen LogP contribution is -2.59. The van der Waals surface area contributed by atoms with E-state index in [0.717, 1.165) is 5.56 Å². The Morgan fingerprint density at radius 1 is 0.917 bits per heavy atom. The molecule has 2 heterocycles. The molecular formula is C26H30Cl2N2O6. The topological polar surface area (TPSA) is 77.5 Å². The van der Waals surface area contributed by atoms with Crippen molar-refractivity contribution >= 4 is 35.0 Å². The molecule has 0 bridgehead atoms. The molecule has 1 atom stereocenters. The van der Waals surface area contributed by atoms with E-state index in [1.165, 1.54) is 0 Å². The highest BCUT2D eigenvalue weighted by Gasteiger charge is 2.42. The van der Waals surface area contributed by atoms with Crippen LogP contribution in [0.5, 0.6) is 11.5 Å². The molecule has 0 saturated carbocycles. The summed E-state index contributed by atoms with van der Waals surface area (Å²) in [5.74, 6) is 0.920. The van der Waals surface area contributed by atoms with E-state index in [0.29, 0.717) is 54.4 Å². The summed E-state index contributed by atoms with van der Waals surface area (Å²) in [5.41, 5.74) is -0.120. The van der Waals surface area contributed by atoms with Crippen molar-refractivity contribution in [2.45, 2.75) is 18.9 Å². The summed E-state index contributed by atoms with van der Waals surface area (Å²) < 4.78 is 23.3. The number of ether oxygens (including phenoxy) is 4. The Balaban J connectivity index is 1.45. The number of amides is 2. The van der Waals surface area contributed by atoms with E-state index >= 15 is 0 Å². The minimum absolute atomic E-state index is 0.0547. The van der Waals surface area contributed by atoms with Crippen molar-refractivity contribution in [3.8, 4) is 11.5 Å². The minimum atomic E-state index is -1.00. The first-order chi connectivity index (χ1) is 17.3. The lowest BCUT2D eigenvalue weighted by molar-refractivity contribution is -0.168. The molecule has 2 aromatic carbocycles. The van der Waals surface area contributed by atoms with Crippen LogP contribution in [-0.2, 0) is 19.1 Å². The number of aryl methyl sites for hydroxylation is 1. The average Bonchev–Trinajstić information content (AvgIpc) is 2.89. The normalized spacial score (nSPS) is 20.2. The summed E-state index contributed by atoms with van der Waals surface area (Å²) in [5, 5.41) is 1.23. The van der Waals surface area contributed by atoms with Gasteiger partial charge in [-0.2, -0.15) is 0 Å². The van der Waals surface area contributed by atoms with Crippen LogP contribution in [0.25, 0.3) is 0 Å². The quantitative estimate of drug-likeness (QED) is 0.512. The Morgan fingerprint density at radius 3 is 2.33 bits per heavy atom. The zero-order valence-corrected chi connectivity index (χ0v) is 21.7. The van der Waals surface area contributed by atoms with Gasteiger partial charge in [-0.05, 0) is 55.0 Å². The summed E-state index contributed by atoms with van der Waals surface area (Å²) in [6, 6.07) is 12.2. The van der Waals surface area contributed by atoms with Crippen LogP contribution in [0.2, 0.25) is 10.0 Å². The number of halogens is 2. The Morgan fingerprint density at radius 2 is 1.61 bits per heavy atom. The van der Waals surface area contributed by atoms with Crippen LogP contribution in [0.15, 0.2) is 42.5 Å². The predicted molar refractivity (Wildman–Crippen MR) is 136 cm³/mol.